The molecule has 1 fully saturated rings. The highest BCUT2D eigenvalue weighted by atomic mass is 16.5. The van der Waals surface area contributed by atoms with Crippen LogP contribution >= 0.6 is 0 Å². The van der Waals surface area contributed by atoms with E-state index in [0.717, 1.165) is 13.2 Å². The highest BCUT2D eigenvalue weighted by Gasteiger charge is 2.23. The minimum atomic E-state index is 0.634. The Balaban J connectivity index is 1.90. The van der Waals surface area contributed by atoms with E-state index >= 15 is 0 Å². The van der Waals surface area contributed by atoms with E-state index in [0.29, 0.717) is 6.04 Å². The summed E-state index contributed by atoms with van der Waals surface area (Å²) in [5.41, 5.74) is 1.42. The lowest BCUT2D eigenvalue weighted by molar-refractivity contribution is 0.112. The van der Waals surface area contributed by atoms with Crippen LogP contribution < -0.4 is 0 Å². The molecule has 1 aliphatic heterocycles. The van der Waals surface area contributed by atoms with Gasteiger partial charge in [-0.05, 0) is 19.4 Å². The van der Waals surface area contributed by atoms with E-state index in [1.54, 1.807) is 7.11 Å². The van der Waals surface area contributed by atoms with E-state index in [4.69, 9.17) is 4.74 Å². The van der Waals surface area contributed by atoms with Gasteiger partial charge in [-0.25, -0.2) is 12.1 Å². The molecule has 0 radical (unpaired) electrons. The number of methoxy groups -OCH3 is 1. The molecule has 0 saturated carbocycles. The van der Waals surface area contributed by atoms with E-state index in [-0.39, 0.29) is 0 Å². The molecule has 0 spiro atoms. The Morgan fingerprint density at radius 2 is 2.57 bits per heavy atom. The maximum atomic E-state index is 5.23. The molecule has 14 heavy (non-hydrogen) atoms. The summed E-state index contributed by atoms with van der Waals surface area (Å²) in [5, 5.41) is 0. The quantitative estimate of drug-likeness (QED) is 0.677. The van der Waals surface area contributed by atoms with Gasteiger partial charge in [0.2, 0.25) is 0 Å². The first-order chi connectivity index (χ1) is 6.90. The fourth-order valence-corrected chi connectivity index (χ4v) is 2.24. The standard InChI is InChI=1S/C12H18NO/c1-14-10-12-7-4-8-13(12)9-11-5-2-3-6-11/h2-3,5-6,12H,4,7-10H2,1H3/q-1/t12-/m0/s1. The molecule has 2 rings (SSSR count). The van der Waals surface area contributed by atoms with Crippen molar-refractivity contribution in [2.75, 3.05) is 20.3 Å². The van der Waals surface area contributed by atoms with Crippen molar-refractivity contribution < 1.29 is 4.74 Å². The third-order valence-electron chi connectivity index (χ3n) is 2.98. The Morgan fingerprint density at radius 1 is 1.64 bits per heavy atom. The molecule has 0 bridgehead atoms. The van der Waals surface area contributed by atoms with Crippen LogP contribution in [-0.4, -0.2) is 31.2 Å². The molecule has 0 aromatic heterocycles. The van der Waals surface area contributed by atoms with Gasteiger partial charge in [0.25, 0.3) is 0 Å². The van der Waals surface area contributed by atoms with E-state index in [1.165, 1.54) is 24.9 Å². The van der Waals surface area contributed by atoms with Gasteiger partial charge in [-0.2, -0.15) is 17.7 Å². The van der Waals surface area contributed by atoms with E-state index in [2.05, 4.69) is 29.2 Å². The Bertz CT molecular complexity index is 255. The zero-order chi connectivity index (χ0) is 9.80. The average Bonchev–Trinajstić information content (AvgIpc) is 2.80. The third-order valence-corrected chi connectivity index (χ3v) is 2.98. The molecule has 78 valence electrons. The third kappa shape index (κ3) is 2.20. The highest BCUT2D eigenvalue weighted by Crippen LogP contribution is 2.20. The predicted molar refractivity (Wildman–Crippen MR) is 57.3 cm³/mol. The Kier molecular flexibility index (Phi) is 3.27. The molecule has 0 aliphatic carbocycles. The Morgan fingerprint density at radius 3 is 3.29 bits per heavy atom. The summed E-state index contributed by atoms with van der Waals surface area (Å²) in [5.74, 6) is 0. The smallest absolute Gasteiger partial charge is 0.0618 e. The van der Waals surface area contributed by atoms with Gasteiger partial charge < -0.3 is 4.74 Å². The van der Waals surface area contributed by atoms with Gasteiger partial charge in [-0.3, -0.25) is 4.90 Å². The largest absolute Gasteiger partial charge is 0.383 e. The number of rotatable bonds is 4. The lowest BCUT2D eigenvalue weighted by Gasteiger charge is -2.24. The molecule has 0 unspecified atom stereocenters. The molecule has 2 heteroatoms. The van der Waals surface area contributed by atoms with Crippen molar-refractivity contribution in [3.8, 4) is 0 Å². The minimum Gasteiger partial charge on any atom is -0.383 e. The summed E-state index contributed by atoms with van der Waals surface area (Å²) in [7, 11) is 1.79. The molecule has 1 heterocycles. The SMILES string of the molecule is COC[C@@H]1CCCN1Cc1ccc[cH-]1. The molecule has 1 aromatic carbocycles. The molecule has 1 aromatic rings. The van der Waals surface area contributed by atoms with E-state index in [1.807, 2.05) is 0 Å². The second kappa shape index (κ2) is 4.67. The van der Waals surface area contributed by atoms with Gasteiger partial charge in [0.1, 0.15) is 0 Å². The van der Waals surface area contributed by atoms with Gasteiger partial charge >= 0.3 is 0 Å². The fourth-order valence-electron chi connectivity index (χ4n) is 2.24. The normalized spacial score (nSPS) is 23.1. The van der Waals surface area contributed by atoms with Crippen molar-refractivity contribution in [2.45, 2.75) is 25.4 Å². The van der Waals surface area contributed by atoms with Gasteiger partial charge in [0, 0.05) is 19.7 Å². The molecule has 1 atom stereocenters. The lowest BCUT2D eigenvalue weighted by atomic mass is 10.2. The molecule has 2 nitrogen and oxygen atoms in total. The summed E-state index contributed by atoms with van der Waals surface area (Å²) in [6.45, 7) is 3.18. The minimum absolute atomic E-state index is 0.634. The Hall–Kier alpha value is -0.730. The van der Waals surface area contributed by atoms with Gasteiger partial charge in [-0.15, -0.1) is 0 Å². The lowest BCUT2D eigenvalue weighted by Crippen LogP contribution is -2.32. The predicted octanol–water partition coefficient (Wildman–Crippen LogP) is 2.02. The monoisotopic (exact) mass is 192 g/mol. The van der Waals surface area contributed by atoms with Gasteiger partial charge in [0.05, 0.1) is 6.61 Å². The summed E-state index contributed by atoms with van der Waals surface area (Å²) >= 11 is 0. The van der Waals surface area contributed by atoms with Crippen molar-refractivity contribution in [3.05, 3.63) is 29.8 Å². The number of likely N-dealkylation sites (tertiary alicyclic amines) is 1. The molecule has 1 saturated heterocycles. The summed E-state index contributed by atoms with van der Waals surface area (Å²) in [6, 6.07) is 9.24. The molecule has 0 amide bonds. The second-order valence-corrected chi connectivity index (χ2v) is 4.02. The van der Waals surface area contributed by atoms with Crippen LogP contribution in [0.4, 0.5) is 0 Å². The first kappa shape index (κ1) is 9.81. The van der Waals surface area contributed by atoms with Crippen molar-refractivity contribution >= 4 is 0 Å². The van der Waals surface area contributed by atoms with Crippen LogP contribution in [0.25, 0.3) is 0 Å². The second-order valence-electron chi connectivity index (χ2n) is 4.02. The van der Waals surface area contributed by atoms with Crippen molar-refractivity contribution in [2.24, 2.45) is 0 Å². The molecular weight excluding hydrogens is 174 g/mol. The topological polar surface area (TPSA) is 12.5 Å². The van der Waals surface area contributed by atoms with E-state index in [9.17, 15) is 0 Å². The van der Waals surface area contributed by atoms with Crippen LogP contribution in [0.15, 0.2) is 24.3 Å². The van der Waals surface area contributed by atoms with Crippen molar-refractivity contribution in [1.82, 2.24) is 4.90 Å². The van der Waals surface area contributed by atoms with Crippen LogP contribution in [0.5, 0.6) is 0 Å². The van der Waals surface area contributed by atoms with Crippen LogP contribution in [0.2, 0.25) is 0 Å². The maximum Gasteiger partial charge on any atom is 0.0618 e. The van der Waals surface area contributed by atoms with Gasteiger partial charge in [0.15, 0.2) is 0 Å². The molecule has 1 aliphatic rings. The van der Waals surface area contributed by atoms with Crippen LogP contribution in [0.3, 0.4) is 0 Å². The first-order valence-corrected chi connectivity index (χ1v) is 5.33. The van der Waals surface area contributed by atoms with Gasteiger partial charge in [-0.1, -0.05) is 0 Å². The summed E-state index contributed by atoms with van der Waals surface area (Å²) < 4.78 is 5.23. The maximum absolute atomic E-state index is 5.23. The number of hydrogen-bond acceptors (Lipinski definition) is 2. The zero-order valence-corrected chi connectivity index (χ0v) is 8.78. The summed E-state index contributed by atoms with van der Waals surface area (Å²) in [4.78, 5) is 2.53. The Labute approximate surface area is 85.8 Å². The number of hydrogen-bond donors (Lipinski definition) is 0. The number of nitrogens with zero attached hydrogens (tertiary/aromatic N) is 1. The first-order valence-electron chi connectivity index (χ1n) is 5.33. The molecular formula is C12H18NO-. The fraction of sp³-hybridized carbons (Fsp3) is 0.583. The summed E-state index contributed by atoms with van der Waals surface area (Å²) in [6.07, 6.45) is 2.60. The molecule has 0 N–H and O–H groups in total. The highest BCUT2D eigenvalue weighted by molar-refractivity contribution is 5.16. The van der Waals surface area contributed by atoms with Crippen molar-refractivity contribution in [1.29, 1.82) is 0 Å². The zero-order valence-electron chi connectivity index (χ0n) is 8.78. The van der Waals surface area contributed by atoms with E-state index < -0.39 is 0 Å². The van der Waals surface area contributed by atoms with Crippen LogP contribution in [-0.2, 0) is 11.3 Å². The number of ether oxygens (including phenoxy) is 1. The van der Waals surface area contributed by atoms with Crippen LogP contribution in [0, 0.1) is 0 Å². The van der Waals surface area contributed by atoms with Crippen molar-refractivity contribution in [3.63, 3.8) is 0 Å². The average molecular weight is 192 g/mol. The van der Waals surface area contributed by atoms with Crippen LogP contribution in [0.1, 0.15) is 18.4 Å².